The molecular formula is C13H15Cl2N3. The van der Waals surface area contributed by atoms with Crippen molar-refractivity contribution >= 4 is 28.7 Å². The average Bonchev–Trinajstić information content (AvgIpc) is 2.54. The van der Waals surface area contributed by atoms with Crippen LogP contribution in [-0.2, 0) is 5.41 Å². The summed E-state index contributed by atoms with van der Waals surface area (Å²) in [6.07, 6.45) is 6.49. The minimum Gasteiger partial charge on any atom is -0.231 e. The van der Waals surface area contributed by atoms with Crippen LogP contribution in [0.15, 0.2) is 6.20 Å². The van der Waals surface area contributed by atoms with Crippen molar-refractivity contribution in [1.29, 1.82) is 0 Å². The Morgan fingerprint density at radius 2 is 2.11 bits per heavy atom. The zero-order chi connectivity index (χ0) is 12.9. The van der Waals surface area contributed by atoms with Crippen LogP contribution >= 0.6 is 23.2 Å². The van der Waals surface area contributed by atoms with Crippen LogP contribution in [0.3, 0.4) is 0 Å². The Bertz CT molecular complexity index is 609. The van der Waals surface area contributed by atoms with E-state index in [1.165, 1.54) is 25.0 Å². The molecule has 0 aliphatic heterocycles. The average molecular weight is 284 g/mol. The maximum absolute atomic E-state index is 6.40. The standard InChI is InChI=1S/C13H15Cl2N3/c1-3-13(5-4-6-13)11-8(2)10(14)9-7-16-12(15)17-18(9)11/h7H,3-6H2,1-2H3. The lowest BCUT2D eigenvalue weighted by atomic mass is 9.64. The molecule has 1 fully saturated rings. The zero-order valence-corrected chi connectivity index (χ0v) is 12.0. The van der Waals surface area contributed by atoms with Gasteiger partial charge in [-0.05, 0) is 43.4 Å². The van der Waals surface area contributed by atoms with Gasteiger partial charge in [0, 0.05) is 5.41 Å². The fourth-order valence-corrected chi connectivity index (χ4v) is 3.43. The van der Waals surface area contributed by atoms with Crippen molar-refractivity contribution in [2.75, 3.05) is 0 Å². The van der Waals surface area contributed by atoms with Crippen molar-refractivity contribution in [1.82, 2.24) is 14.6 Å². The molecule has 0 aromatic carbocycles. The number of nitrogens with zero attached hydrogens (tertiary/aromatic N) is 3. The monoisotopic (exact) mass is 283 g/mol. The SMILES string of the molecule is CCC1(c2c(C)c(Cl)c3cnc(Cl)nn23)CCC1. The van der Waals surface area contributed by atoms with Crippen LogP contribution in [-0.4, -0.2) is 14.6 Å². The van der Waals surface area contributed by atoms with Gasteiger partial charge in [0.25, 0.3) is 0 Å². The van der Waals surface area contributed by atoms with Gasteiger partial charge in [0.2, 0.25) is 5.28 Å². The first kappa shape index (κ1) is 12.2. The summed E-state index contributed by atoms with van der Waals surface area (Å²) in [5.74, 6) is 0. The normalized spacial score (nSPS) is 18.0. The molecule has 18 heavy (non-hydrogen) atoms. The molecular weight excluding hydrogens is 269 g/mol. The van der Waals surface area contributed by atoms with Crippen molar-refractivity contribution in [2.45, 2.75) is 44.9 Å². The topological polar surface area (TPSA) is 30.2 Å². The van der Waals surface area contributed by atoms with Crippen molar-refractivity contribution in [3.8, 4) is 0 Å². The second-order valence-corrected chi connectivity index (χ2v) is 5.82. The predicted molar refractivity (Wildman–Crippen MR) is 73.6 cm³/mol. The van der Waals surface area contributed by atoms with Crippen LogP contribution in [0.5, 0.6) is 0 Å². The summed E-state index contributed by atoms with van der Waals surface area (Å²) in [4.78, 5) is 4.02. The third-order valence-corrected chi connectivity index (χ3v) is 4.97. The molecule has 1 saturated carbocycles. The highest BCUT2D eigenvalue weighted by Crippen LogP contribution is 2.49. The summed E-state index contributed by atoms with van der Waals surface area (Å²) < 4.78 is 1.90. The Morgan fingerprint density at radius 1 is 1.39 bits per heavy atom. The van der Waals surface area contributed by atoms with Crippen molar-refractivity contribution in [3.63, 3.8) is 0 Å². The van der Waals surface area contributed by atoms with Crippen molar-refractivity contribution < 1.29 is 0 Å². The molecule has 0 saturated heterocycles. The molecule has 2 aromatic heterocycles. The zero-order valence-electron chi connectivity index (χ0n) is 10.5. The van der Waals surface area contributed by atoms with E-state index in [0.717, 1.165) is 22.5 Å². The molecule has 0 spiro atoms. The van der Waals surface area contributed by atoms with Crippen LogP contribution in [0.25, 0.3) is 5.52 Å². The van der Waals surface area contributed by atoms with E-state index in [1.807, 2.05) is 4.52 Å². The van der Waals surface area contributed by atoms with Gasteiger partial charge in [-0.1, -0.05) is 24.9 Å². The number of hydrogen-bond donors (Lipinski definition) is 0. The maximum Gasteiger partial charge on any atom is 0.241 e. The molecule has 3 rings (SSSR count). The molecule has 1 aliphatic rings. The number of aromatic nitrogens is 3. The molecule has 0 unspecified atom stereocenters. The lowest BCUT2D eigenvalue weighted by Gasteiger charge is -2.41. The van der Waals surface area contributed by atoms with Crippen LogP contribution in [0.2, 0.25) is 10.3 Å². The highest BCUT2D eigenvalue weighted by molar-refractivity contribution is 6.35. The van der Waals surface area contributed by atoms with E-state index in [-0.39, 0.29) is 10.7 Å². The second-order valence-electron chi connectivity index (χ2n) is 5.10. The van der Waals surface area contributed by atoms with E-state index in [4.69, 9.17) is 23.2 Å². The quantitative estimate of drug-likeness (QED) is 0.828. The van der Waals surface area contributed by atoms with Crippen LogP contribution in [0, 0.1) is 6.92 Å². The highest BCUT2D eigenvalue weighted by Gasteiger charge is 2.41. The minimum atomic E-state index is 0.220. The van der Waals surface area contributed by atoms with Crippen LogP contribution < -0.4 is 0 Å². The summed E-state index contributed by atoms with van der Waals surface area (Å²) in [6, 6.07) is 0. The second kappa shape index (κ2) is 4.10. The first-order chi connectivity index (χ1) is 8.59. The molecule has 3 nitrogen and oxygen atoms in total. The Labute approximate surface area is 116 Å². The van der Waals surface area contributed by atoms with Crippen molar-refractivity contribution in [3.05, 3.63) is 27.8 Å². The molecule has 0 amide bonds. The molecule has 0 bridgehead atoms. The van der Waals surface area contributed by atoms with Gasteiger partial charge < -0.3 is 0 Å². The summed E-state index contributed by atoms with van der Waals surface area (Å²) in [7, 11) is 0. The van der Waals surface area contributed by atoms with Gasteiger partial charge in [-0.3, -0.25) is 0 Å². The smallest absolute Gasteiger partial charge is 0.231 e. The van der Waals surface area contributed by atoms with E-state index in [1.54, 1.807) is 6.20 Å². The minimum absolute atomic E-state index is 0.220. The number of hydrogen-bond acceptors (Lipinski definition) is 2. The van der Waals surface area contributed by atoms with Gasteiger partial charge in [-0.2, -0.15) is 0 Å². The largest absolute Gasteiger partial charge is 0.241 e. The fraction of sp³-hybridized carbons (Fsp3) is 0.538. The van der Waals surface area contributed by atoms with Gasteiger partial charge in [0.1, 0.15) is 5.52 Å². The molecule has 0 radical (unpaired) electrons. The third-order valence-electron chi connectivity index (χ3n) is 4.31. The number of halogens is 2. The molecule has 1 aliphatic carbocycles. The lowest BCUT2D eigenvalue weighted by molar-refractivity contribution is 0.223. The molecule has 2 heterocycles. The molecule has 5 heteroatoms. The van der Waals surface area contributed by atoms with Gasteiger partial charge in [-0.15, -0.1) is 5.10 Å². The highest BCUT2D eigenvalue weighted by atomic mass is 35.5. The molecule has 96 valence electrons. The van der Waals surface area contributed by atoms with E-state index in [9.17, 15) is 0 Å². The van der Waals surface area contributed by atoms with E-state index in [2.05, 4.69) is 23.9 Å². The molecule has 0 N–H and O–H groups in total. The van der Waals surface area contributed by atoms with Gasteiger partial charge in [-0.25, -0.2) is 9.50 Å². The van der Waals surface area contributed by atoms with Crippen molar-refractivity contribution in [2.24, 2.45) is 0 Å². The summed E-state index contributed by atoms with van der Waals surface area (Å²) >= 11 is 12.3. The maximum atomic E-state index is 6.40. The fourth-order valence-electron chi connectivity index (χ4n) is 3.09. The van der Waals surface area contributed by atoms with E-state index < -0.39 is 0 Å². The predicted octanol–water partition coefficient (Wildman–Crippen LogP) is 4.18. The summed E-state index contributed by atoms with van der Waals surface area (Å²) in [5, 5.41) is 5.36. The van der Waals surface area contributed by atoms with Crippen LogP contribution in [0.4, 0.5) is 0 Å². The summed E-state index contributed by atoms with van der Waals surface area (Å²) in [6.45, 7) is 4.30. The number of fused-ring (bicyclic) bond motifs is 1. The lowest BCUT2D eigenvalue weighted by Crippen LogP contribution is -2.35. The van der Waals surface area contributed by atoms with E-state index in [0.29, 0.717) is 0 Å². The Balaban J connectivity index is 2.34. The van der Waals surface area contributed by atoms with Gasteiger partial charge in [0.15, 0.2) is 0 Å². The first-order valence-electron chi connectivity index (χ1n) is 6.29. The number of rotatable bonds is 2. The van der Waals surface area contributed by atoms with Gasteiger partial charge in [0.05, 0.1) is 16.9 Å². The van der Waals surface area contributed by atoms with E-state index >= 15 is 0 Å². The Morgan fingerprint density at radius 3 is 2.67 bits per heavy atom. The first-order valence-corrected chi connectivity index (χ1v) is 7.04. The Hall–Kier alpha value is -0.800. The Kier molecular flexibility index (Phi) is 2.79. The molecule has 0 atom stereocenters. The summed E-state index contributed by atoms with van der Waals surface area (Å²) in [5.41, 5.74) is 3.42. The van der Waals surface area contributed by atoms with Gasteiger partial charge >= 0.3 is 0 Å². The van der Waals surface area contributed by atoms with Crippen LogP contribution in [0.1, 0.15) is 43.9 Å². The third kappa shape index (κ3) is 1.50. The molecule has 2 aromatic rings.